The van der Waals surface area contributed by atoms with Crippen LogP contribution in [0.4, 0.5) is 0 Å². The molecular formula is C16H19N3O5S. The van der Waals surface area contributed by atoms with Crippen LogP contribution in [-0.4, -0.2) is 40.1 Å². The summed E-state index contributed by atoms with van der Waals surface area (Å²) >= 11 is 0. The van der Waals surface area contributed by atoms with Crippen molar-refractivity contribution in [3.05, 3.63) is 48.3 Å². The number of methoxy groups -OCH3 is 2. The van der Waals surface area contributed by atoms with Crippen molar-refractivity contribution in [2.75, 3.05) is 20.8 Å². The summed E-state index contributed by atoms with van der Waals surface area (Å²) in [5, 5.41) is 2.62. The standard InChI is InChI=1S/C16H19N3O5S/c1-23-13-3-4-15(14(9-13)24-2)25(21,22)19-11-16(20)18-10-12-5-7-17-8-6-12/h3-9,19H,10-11H2,1-2H3,(H,18,20). The molecule has 134 valence electrons. The van der Waals surface area contributed by atoms with E-state index < -0.39 is 15.9 Å². The summed E-state index contributed by atoms with van der Waals surface area (Å²) < 4.78 is 37.1. The highest BCUT2D eigenvalue weighted by Gasteiger charge is 2.20. The molecule has 2 N–H and O–H groups in total. The van der Waals surface area contributed by atoms with Gasteiger partial charge in [0.1, 0.15) is 16.4 Å². The second kappa shape index (κ2) is 8.45. The number of hydrogen-bond acceptors (Lipinski definition) is 6. The molecule has 0 aliphatic heterocycles. The lowest BCUT2D eigenvalue weighted by Crippen LogP contribution is -2.36. The number of carbonyl (C=O) groups excluding carboxylic acids is 1. The summed E-state index contributed by atoms with van der Waals surface area (Å²) in [5.41, 5.74) is 0.864. The van der Waals surface area contributed by atoms with E-state index in [0.29, 0.717) is 5.75 Å². The molecule has 1 aromatic carbocycles. The third kappa shape index (κ3) is 5.16. The minimum Gasteiger partial charge on any atom is -0.497 e. The van der Waals surface area contributed by atoms with E-state index in [1.165, 1.54) is 32.4 Å². The fourth-order valence-electron chi connectivity index (χ4n) is 2.00. The van der Waals surface area contributed by atoms with E-state index in [4.69, 9.17) is 9.47 Å². The Morgan fingerprint density at radius 1 is 1.12 bits per heavy atom. The van der Waals surface area contributed by atoms with Crippen LogP contribution in [0.15, 0.2) is 47.6 Å². The fourth-order valence-corrected chi connectivity index (χ4v) is 3.13. The number of rotatable bonds is 8. The van der Waals surface area contributed by atoms with Crippen LogP contribution >= 0.6 is 0 Å². The van der Waals surface area contributed by atoms with Gasteiger partial charge in [0.2, 0.25) is 15.9 Å². The number of benzene rings is 1. The first-order valence-corrected chi connectivity index (χ1v) is 8.82. The zero-order valence-corrected chi connectivity index (χ0v) is 14.7. The Morgan fingerprint density at radius 3 is 2.48 bits per heavy atom. The predicted molar refractivity (Wildman–Crippen MR) is 90.8 cm³/mol. The van der Waals surface area contributed by atoms with Crippen LogP contribution in [0, 0.1) is 0 Å². The molecule has 0 bridgehead atoms. The topological polar surface area (TPSA) is 107 Å². The average Bonchev–Trinajstić information content (AvgIpc) is 2.65. The van der Waals surface area contributed by atoms with Crippen molar-refractivity contribution >= 4 is 15.9 Å². The summed E-state index contributed by atoms with van der Waals surface area (Å²) in [7, 11) is -1.08. The second-order valence-electron chi connectivity index (χ2n) is 4.97. The quantitative estimate of drug-likeness (QED) is 0.713. The molecule has 8 nitrogen and oxygen atoms in total. The van der Waals surface area contributed by atoms with E-state index in [9.17, 15) is 13.2 Å². The van der Waals surface area contributed by atoms with Crippen molar-refractivity contribution < 1.29 is 22.7 Å². The van der Waals surface area contributed by atoms with Gasteiger partial charge in [0.15, 0.2) is 0 Å². The molecule has 9 heteroatoms. The summed E-state index contributed by atoms with van der Waals surface area (Å²) in [6, 6.07) is 7.83. The molecule has 2 rings (SSSR count). The molecule has 25 heavy (non-hydrogen) atoms. The second-order valence-corrected chi connectivity index (χ2v) is 6.71. The number of hydrogen-bond donors (Lipinski definition) is 2. The van der Waals surface area contributed by atoms with Crippen molar-refractivity contribution in [2.24, 2.45) is 0 Å². The van der Waals surface area contributed by atoms with Gasteiger partial charge >= 0.3 is 0 Å². The van der Waals surface area contributed by atoms with Gasteiger partial charge in [0.25, 0.3) is 0 Å². The molecule has 0 atom stereocenters. The molecule has 0 radical (unpaired) electrons. The van der Waals surface area contributed by atoms with Crippen LogP contribution in [0.25, 0.3) is 0 Å². The molecular weight excluding hydrogens is 346 g/mol. The highest BCUT2D eigenvalue weighted by Crippen LogP contribution is 2.28. The number of aromatic nitrogens is 1. The normalized spacial score (nSPS) is 11.0. The lowest BCUT2D eigenvalue weighted by molar-refractivity contribution is -0.120. The third-order valence-corrected chi connectivity index (χ3v) is 4.76. The molecule has 1 heterocycles. The zero-order valence-electron chi connectivity index (χ0n) is 13.9. The monoisotopic (exact) mass is 365 g/mol. The predicted octanol–water partition coefficient (Wildman–Crippen LogP) is 0.694. The summed E-state index contributed by atoms with van der Waals surface area (Å²) in [4.78, 5) is 15.7. The smallest absolute Gasteiger partial charge is 0.244 e. The molecule has 0 aliphatic rings. The lowest BCUT2D eigenvalue weighted by Gasteiger charge is -2.12. The molecule has 0 unspecified atom stereocenters. The molecule has 0 fully saturated rings. The van der Waals surface area contributed by atoms with Gasteiger partial charge in [-0.2, -0.15) is 0 Å². The van der Waals surface area contributed by atoms with Gasteiger partial charge in [0.05, 0.1) is 20.8 Å². The van der Waals surface area contributed by atoms with Crippen molar-refractivity contribution in [1.82, 2.24) is 15.0 Å². The van der Waals surface area contributed by atoms with Crippen LogP contribution in [0.2, 0.25) is 0 Å². The van der Waals surface area contributed by atoms with Gasteiger partial charge in [-0.05, 0) is 29.8 Å². The highest BCUT2D eigenvalue weighted by molar-refractivity contribution is 7.89. The molecule has 2 aromatic rings. The summed E-state index contributed by atoms with van der Waals surface area (Å²) in [6.07, 6.45) is 3.22. The highest BCUT2D eigenvalue weighted by atomic mass is 32.2. The van der Waals surface area contributed by atoms with Gasteiger partial charge in [-0.3, -0.25) is 9.78 Å². The van der Waals surface area contributed by atoms with Crippen molar-refractivity contribution in [2.45, 2.75) is 11.4 Å². The van der Waals surface area contributed by atoms with Gasteiger partial charge in [-0.15, -0.1) is 0 Å². The number of ether oxygens (including phenoxy) is 2. The Labute approximate surface area is 146 Å². The first-order chi connectivity index (χ1) is 12.0. The molecule has 0 spiro atoms. The van der Waals surface area contributed by atoms with Crippen LogP contribution < -0.4 is 19.5 Å². The molecule has 1 amide bonds. The molecule has 0 aliphatic carbocycles. The Morgan fingerprint density at radius 2 is 1.84 bits per heavy atom. The van der Waals surface area contributed by atoms with E-state index in [-0.39, 0.29) is 23.7 Å². The van der Waals surface area contributed by atoms with Crippen molar-refractivity contribution in [1.29, 1.82) is 0 Å². The SMILES string of the molecule is COc1ccc(S(=O)(=O)NCC(=O)NCc2ccncc2)c(OC)c1. The Bertz CT molecular complexity index is 825. The van der Waals surface area contributed by atoms with Gasteiger partial charge in [0, 0.05) is 25.0 Å². The van der Waals surface area contributed by atoms with Crippen LogP contribution in [0.1, 0.15) is 5.56 Å². The zero-order chi connectivity index (χ0) is 18.3. The number of sulfonamides is 1. The first kappa shape index (κ1) is 18.7. The van der Waals surface area contributed by atoms with Gasteiger partial charge < -0.3 is 14.8 Å². The van der Waals surface area contributed by atoms with Crippen LogP contribution in [-0.2, 0) is 21.4 Å². The van der Waals surface area contributed by atoms with E-state index in [2.05, 4.69) is 15.0 Å². The molecule has 0 saturated heterocycles. The van der Waals surface area contributed by atoms with Crippen LogP contribution in [0.3, 0.4) is 0 Å². The van der Waals surface area contributed by atoms with Gasteiger partial charge in [-0.25, -0.2) is 13.1 Å². The first-order valence-electron chi connectivity index (χ1n) is 7.33. The maximum Gasteiger partial charge on any atom is 0.244 e. The minimum atomic E-state index is -3.91. The lowest BCUT2D eigenvalue weighted by atomic mass is 10.3. The van der Waals surface area contributed by atoms with Crippen molar-refractivity contribution in [3.8, 4) is 11.5 Å². The Hall–Kier alpha value is -2.65. The number of amides is 1. The Balaban J connectivity index is 1.98. The van der Waals surface area contributed by atoms with E-state index in [0.717, 1.165) is 5.56 Å². The average molecular weight is 365 g/mol. The van der Waals surface area contributed by atoms with E-state index in [1.54, 1.807) is 24.5 Å². The number of carbonyl (C=O) groups is 1. The third-order valence-electron chi connectivity index (χ3n) is 3.32. The van der Waals surface area contributed by atoms with Crippen molar-refractivity contribution in [3.63, 3.8) is 0 Å². The maximum absolute atomic E-state index is 12.4. The van der Waals surface area contributed by atoms with Crippen LogP contribution in [0.5, 0.6) is 11.5 Å². The maximum atomic E-state index is 12.4. The molecule has 0 saturated carbocycles. The minimum absolute atomic E-state index is 0.0715. The summed E-state index contributed by atoms with van der Waals surface area (Å²) in [5.74, 6) is 0.141. The molecule has 1 aromatic heterocycles. The number of pyridine rings is 1. The van der Waals surface area contributed by atoms with E-state index in [1.807, 2.05) is 0 Å². The number of nitrogens with one attached hydrogen (secondary N) is 2. The van der Waals surface area contributed by atoms with Gasteiger partial charge in [-0.1, -0.05) is 0 Å². The fraction of sp³-hybridized carbons (Fsp3) is 0.250. The Kier molecular flexibility index (Phi) is 6.31. The largest absolute Gasteiger partial charge is 0.497 e. The van der Waals surface area contributed by atoms with E-state index >= 15 is 0 Å². The summed E-state index contributed by atoms with van der Waals surface area (Å²) in [6.45, 7) is -0.0997. The number of nitrogens with zero attached hydrogens (tertiary/aromatic N) is 1.